The highest BCUT2D eigenvalue weighted by atomic mass is 16.5. The first kappa shape index (κ1) is 14.0. The summed E-state index contributed by atoms with van der Waals surface area (Å²) in [6, 6.07) is 0. The molecule has 0 radical (unpaired) electrons. The molecule has 0 bridgehead atoms. The monoisotopic (exact) mass is 241 g/mol. The number of anilines is 1. The molecule has 17 heavy (non-hydrogen) atoms. The molecule has 5 heteroatoms. The largest absolute Gasteiger partial charge is 0.385 e. The lowest BCUT2D eigenvalue weighted by atomic mass is 10.4. The van der Waals surface area contributed by atoms with Crippen molar-refractivity contribution in [1.29, 1.82) is 0 Å². The summed E-state index contributed by atoms with van der Waals surface area (Å²) in [4.78, 5) is 4.28. The van der Waals surface area contributed by atoms with Crippen LogP contribution in [0.15, 0.2) is 12.4 Å². The lowest BCUT2D eigenvalue weighted by Crippen LogP contribution is -2.18. The van der Waals surface area contributed by atoms with Crippen molar-refractivity contribution in [3.05, 3.63) is 12.4 Å². The van der Waals surface area contributed by atoms with Gasteiger partial charge in [0, 0.05) is 39.3 Å². The van der Waals surface area contributed by atoms with Gasteiger partial charge in [0.25, 0.3) is 0 Å². The molecule has 0 fully saturated rings. The summed E-state index contributed by atoms with van der Waals surface area (Å²) < 4.78 is 12.6. The van der Waals surface area contributed by atoms with E-state index in [0.717, 1.165) is 38.7 Å². The van der Waals surface area contributed by atoms with Gasteiger partial charge < -0.3 is 19.4 Å². The second-order valence-corrected chi connectivity index (χ2v) is 3.94. The van der Waals surface area contributed by atoms with E-state index in [0.29, 0.717) is 0 Å². The second-order valence-electron chi connectivity index (χ2n) is 3.94. The van der Waals surface area contributed by atoms with Gasteiger partial charge in [0.15, 0.2) is 0 Å². The van der Waals surface area contributed by atoms with Gasteiger partial charge >= 0.3 is 0 Å². The predicted molar refractivity (Wildman–Crippen MR) is 68.3 cm³/mol. The van der Waals surface area contributed by atoms with Crippen molar-refractivity contribution in [2.24, 2.45) is 0 Å². The average molecular weight is 241 g/mol. The highest BCUT2D eigenvalue weighted by Crippen LogP contribution is 2.07. The second kappa shape index (κ2) is 8.08. The minimum atomic E-state index is 0.203. The SMILES string of the molecule is CCOC(C)Cn1ccnc1NCCCOC. The van der Waals surface area contributed by atoms with Crippen LogP contribution in [-0.4, -0.2) is 42.5 Å². The number of aromatic nitrogens is 2. The number of nitrogens with one attached hydrogen (secondary N) is 1. The van der Waals surface area contributed by atoms with Crippen LogP contribution < -0.4 is 5.32 Å². The predicted octanol–water partition coefficient (Wildman–Crippen LogP) is 1.76. The normalized spacial score (nSPS) is 12.6. The quantitative estimate of drug-likeness (QED) is 0.669. The van der Waals surface area contributed by atoms with E-state index >= 15 is 0 Å². The highest BCUT2D eigenvalue weighted by molar-refractivity contribution is 5.25. The van der Waals surface area contributed by atoms with Gasteiger partial charge in [-0.2, -0.15) is 0 Å². The van der Waals surface area contributed by atoms with E-state index in [1.807, 2.05) is 13.1 Å². The van der Waals surface area contributed by atoms with Crippen molar-refractivity contribution < 1.29 is 9.47 Å². The van der Waals surface area contributed by atoms with Crippen LogP contribution in [0.2, 0.25) is 0 Å². The molecular weight excluding hydrogens is 218 g/mol. The number of hydrogen-bond acceptors (Lipinski definition) is 4. The van der Waals surface area contributed by atoms with E-state index in [-0.39, 0.29) is 6.10 Å². The molecule has 0 aliphatic heterocycles. The molecule has 5 nitrogen and oxygen atoms in total. The van der Waals surface area contributed by atoms with E-state index in [1.54, 1.807) is 13.3 Å². The Kier molecular flexibility index (Phi) is 6.65. The summed E-state index contributed by atoms with van der Waals surface area (Å²) in [5, 5.41) is 3.29. The fourth-order valence-corrected chi connectivity index (χ4v) is 1.65. The van der Waals surface area contributed by atoms with E-state index in [4.69, 9.17) is 9.47 Å². The van der Waals surface area contributed by atoms with Crippen molar-refractivity contribution in [3.8, 4) is 0 Å². The third-order valence-corrected chi connectivity index (χ3v) is 2.43. The maximum absolute atomic E-state index is 5.52. The van der Waals surface area contributed by atoms with Gasteiger partial charge in [-0.05, 0) is 20.3 Å². The maximum atomic E-state index is 5.52. The Balaban J connectivity index is 2.37. The number of imidazole rings is 1. The zero-order valence-electron chi connectivity index (χ0n) is 11.0. The van der Waals surface area contributed by atoms with Crippen LogP contribution in [0.1, 0.15) is 20.3 Å². The summed E-state index contributed by atoms with van der Waals surface area (Å²) in [7, 11) is 1.71. The van der Waals surface area contributed by atoms with Gasteiger partial charge in [-0.3, -0.25) is 0 Å². The fourth-order valence-electron chi connectivity index (χ4n) is 1.65. The van der Waals surface area contributed by atoms with Crippen molar-refractivity contribution >= 4 is 5.95 Å². The Morgan fingerprint density at radius 3 is 3.06 bits per heavy atom. The summed E-state index contributed by atoms with van der Waals surface area (Å²) in [6.45, 7) is 7.27. The molecular formula is C12H23N3O2. The van der Waals surface area contributed by atoms with Crippen molar-refractivity contribution in [2.45, 2.75) is 32.9 Å². The minimum Gasteiger partial charge on any atom is -0.385 e. The molecule has 1 heterocycles. The van der Waals surface area contributed by atoms with Gasteiger partial charge in [-0.15, -0.1) is 0 Å². The number of hydrogen-bond donors (Lipinski definition) is 1. The van der Waals surface area contributed by atoms with Crippen LogP contribution in [0.4, 0.5) is 5.95 Å². The average Bonchev–Trinajstić information content (AvgIpc) is 2.72. The molecule has 0 saturated carbocycles. The molecule has 1 aromatic rings. The summed E-state index contributed by atoms with van der Waals surface area (Å²) >= 11 is 0. The maximum Gasteiger partial charge on any atom is 0.202 e. The van der Waals surface area contributed by atoms with Crippen LogP contribution in [0.25, 0.3) is 0 Å². The third kappa shape index (κ3) is 5.19. The molecule has 1 N–H and O–H groups in total. The van der Waals surface area contributed by atoms with Gasteiger partial charge in [0.05, 0.1) is 12.6 Å². The Bertz CT molecular complexity index is 302. The van der Waals surface area contributed by atoms with Crippen LogP contribution in [0, 0.1) is 0 Å². The first-order chi connectivity index (χ1) is 8.27. The zero-order valence-corrected chi connectivity index (χ0v) is 11.0. The molecule has 0 aliphatic carbocycles. The number of methoxy groups -OCH3 is 1. The molecule has 1 rings (SSSR count). The molecule has 0 aromatic carbocycles. The summed E-state index contributed by atoms with van der Waals surface area (Å²) in [5.41, 5.74) is 0. The first-order valence-corrected chi connectivity index (χ1v) is 6.13. The number of nitrogens with zero attached hydrogens (tertiary/aromatic N) is 2. The van der Waals surface area contributed by atoms with Crippen molar-refractivity contribution in [3.63, 3.8) is 0 Å². The number of rotatable bonds is 9. The van der Waals surface area contributed by atoms with Crippen molar-refractivity contribution in [2.75, 3.05) is 32.2 Å². The van der Waals surface area contributed by atoms with Crippen molar-refractivity contribution in [1.82, 2.24) is 9.55 Å². The highest BCUT2D eigenvalue weighted by Gasteiger charge is 2.06. The minimum absolute atomic E-state index is 0.203. The lowest BCUT2D eigenvalue weighted by molar-refractivity contribution is 0.0644. The van der Waals surface area contributed by atoms with Gasteiger partial charge in [-0.25, -0.2) is 4.98 Å². The Morgan fingerprint density at radius 2 is 2.35 bits per heavy atom. The van der Waals surface area contributed by atoms with Gasteiger partial charge in [-0.1, -0.05) is 0 Å². The molecule has 0 amide bonds. The van der Waals surface area contributed by atoms with Crippen LogP contribution in [0.3, 0.4) is 0 Å². The van der Waals surface area contributed by atoms with E-state index in [1.165, 1.54) is 0 Å². The number of ether oxygens (including phenoxy) is 2. The molecule has 1 unspecified atom stereocenters. The molecule has 0 saturated heterocycles. The van der Waals surface area contributed by atoms with Crippen LogP contribution >= 0.6 is 0 Å². The molecule has 1 atom stereocenters. The molecule has 0 spiro atoms. The van der Waals surface area contributed by atoms with E-state index < -0.39 is 0 Å². The molecule has 98 valence electrons. The summed E-state index contributed by atoms with van der Waals surface area (Å²) in [5.74, 6) is 0.896. The fraction of sp³-hybridized carbons (Fsp3) is 0.750. The van der Waals surface area contributed by atoms with E-state index in [2.05, 4.69) is 21.8 Å². The first-order valence-electron chi connectivity index (χ1n) is 6.13. The van der Waals surface area contributed by atoms with E-state index in [9.17, 15) is 0 Å². The topological polar surface area (TPSA) is 48.3 Å². The Hall–Kier alpha value is -1.07. The summed E-state index contributed by atoms with van der Waals surface area (Å²) in [6.07, 6.45) is 4.95. The Labute approximate surface area is 103 Å². The third-order valence-electron chi connectivity index (χ3n) is 2.43. The Morgan fingerprint density at radius 1 is 1.53 bits per heavy atom. The van der Waals surface area contributed by atoms with Gasteiger partial charge in [0.2, 0.25) is 5.95 Å². The smallest absolute Gasteiger partial charge is 0.202 e. The lowest BCUT2D eigenvalue weighted by Gasteiger charge is -2.15. The van der Waals surface area contributed by atoms with Gasteiger partial charge in [0.1, 0.15) is 0 Å². The standard InChI is InChI=1S/C12H23N3O2/c1-4-17-11(2)10-15-8-7-14-12(15)13-6-5-9-16-3/h7-8,11H,4-6,9-10H2,1-3H3,(H,13,14). The van der Waals surface area contributed by atoms with Crippen LogP contribution in [-0.2, 0) is 16.0 Å². The molecule has 1 aromatic heterocycles. The zero-order chi connectivity index (χ0) is 12.5. The molecule has 0 aliphatic rings. The van der Waals surface area contributed by atoms with Crippen LogP contribution in [0.5, 0.6) is 0 Å².